The van der Waals surface area contributed by atoms with Crippen molar-refractivity contribution < 1.29 is 14.4 Å². The van der Waals surface area contributed by atoms with Crippen LogP contribution in [0, 0.1) is 5.92 Å². The van der Waals surface area contributed by atoms with Crippen molar-refractivity contribution in [3.63, 3.8) is 0 Å². The normalized spacial score (nSPS) is 30.2. The predicted molar refractivity (Wildman–Crippen MR) is 101 cm³/mol. The van der Waals surface area contributed by atoms with Crippen molar-refractivity contribution in [1.29, 1.82) is 0 Å². The molecule has 2 fully saturated rings. The number of aryl methyl sites for hydroxylation is 1. The van der Waals surface area contributed by atoms with Gasteiger partial charge < -0.3 is 10.6 Å². The van der Waals surface area contributed by atoms with Crippen molar-refractivity contribution in [1.82, 2.24) is 15.5 Å². The zero-order valence-corrected chi connectivity index (χ0v) is 15.8. The van der Waals surface area contributed by atoms with Gasteiger partial charge in [0.05, 0.1) is 0 Å². The van der Waals surface area contributed by atoms with Gasteiger partial charge in [0, 0.05) is 12.5 Å². The summed E-state index contributed by atoms with van der Waals surface area (Å²) >= 11 is 0. The molecule has 1 saturated carbocycles. The largest absolute Gasteiger partial charge is 0.352 e. The Labute approximate surface area is 159 Å². The molecule has 2 aliphatic carbocycles. The van der Waals surface area contributed by atoms with Crippen LogP contribution in [0.2, 0.25) is 0 Å². The Bertz CT molecular complexity index is 770. The Morgan fingerprint density at radius 2 is 1.89 bits per heavy atom. The number of imide groups is 1. The van der Waals surface area contributed by atoms with Gasteiger partial charge >= 0.3 is 6.03 Å². The van der Waals surface area contributed by atoms with E-state index in [2.05, 4.69) is 23.6 Å². The summed E-state index contributed by atoms with van der Waals surface area (Å²) in [4.78, 5) is 39.0. The van der Waals surface area contributed by atoms with Gasteiger partial charge in [-0.15, -0.1) is 0 Å². The van der Waals surface area contributed by atoms with Crippen LogP contribution in [0.25, 0.3) is 0 Å². The third-order valence-corrected chi connectivity index (χ3v) is 6.36. The van der Waals surface area contributed by atoms with Gasteiger partial charge in [0.2, 0.25) is 5.91 Å². The lowest BCUT2D eigenvalue weighted by Gasteiger charge is -2.32. The lowest BCUT2D eigenvalue weighted by Crippen LogP contribution is -2.51. The fourth-order valence-electron chi connectivity index (χ4n) is 4.67. The van der Waals surface area contributed by atoms with Gasteiger partial charge in [-0.3, -0.25) is 14.5 Å². The molecule has 1 spiro atoms. The van der Waals surface area contributed by atoms with E-state index in [-0.39, 0.29) is 24.4 Å². The molecular weight excluding hydrogens is 342 g/mol. The SMILES string of the molecule is CC1CCC(NC(=O)CN2C(=O)NC3(CCc4ccccc4C3)C2=O)CC1. The van der Waals surface area contributed by atoms with E-state index < -0.39 is 11.6 Å². The number of carbonyl (C=O) groups excluding carboxylic acids is 3. The number of benzene rings is 1. The number of nitrogens with zero attached hydrogens (tertiary/aromatic N) is 1. The minimum absolute atomic E-state index is 0.157. The molecule has 6 heteroatoms. The van der Waals surface area contributed by atoms with Crippen LogP contribution in [0.5, 0.6) is 0 Å². The smallest absolute Gasteiger partial charge is 0.325 e. The average molecular weight is 369 g/mol. The van der Waals surface area contributed by atoms with Crippen LogP contribution in [0.4, 0.5) is 4.79 Å². The summed E-state index contributed by atoms with van der Waals surface area (Å²) in [6.07, 6.45) is 5.97. The second-order valence-electron chi connectivity index (χ2n) is 8.37. The lowest BCUT2D eigenvalue weighted by atomic mass is 9.78. The highest BCUT2D eigenvalue weighted by Gasteiger charge is 2.52. The Kier molecular flexibility index (Phi) is 4.66. The third-order valence-electron chi connectivity index (χ3n) is 6.36. The predicted octanol–water partition coefficient (Wildman–Crippen LogP) is 2.16. The van der Waals surface area contributed by atoms with Crippen LogP contribution in [-0.4, -0.2) is 40.9 Å². The maximum atomic E-state index is 13.0. The molecule has 0 bridgehead atoms. The number of amides is 4. The van der Waals surface area contributed by atoms with Gasteiger partial charge in [0.25, 0.3) is 5.91 Å². The number of carbonyl (C=O) groups is 3. The first-order valence-corrected chi connectivity index (χ1v) is 9.97. The molecule has 27 heavy (non-hydrogen) atoms. The highest BCUT2D eigenvalue weighted by molar-refractivity contribution is 6.09. The molecule has 2 N–H and O–H groups in total. The van der Waals surface area contributed by atoms with Crippen LogP contribution in [0.15, 0.2) is 24.3 Å². The molecule has 4 amide bonds. The highest BCUT2D eigenvalue weighted by Crippen LogP contribution is 2.33. The molecular formula is C21H27N3O3. The number of fused-ring (bicyclic) bond motifs is 1. The maximum Gasteiger partial charge on any atom is 0.325 e. The van der Waals surface area contributed by atoms with Crippen molar-refractivity contribution >= 4 is 17.8 Å². The number of nitrogens with one attached hydrogen (secondary N) is 2. The second-order valence-corrected chi connectivity index (χ2v) is 8.37. The van der Waals surface area contributed by atoms with E-state index in [9.17, 15) is 14.4 Å². The van der Waals surface area contributed by atoms with Gasteiger partial charge in [-0.25, -0.2) is 4.79 Å². The molecule has 1 aromatic carbocycles. The zero-order chi connectivity index (χ0) is 19.0. The summed E-state index contributed by atoms with van der Waals surface area (Å²) in [5, 5.41) is 5.88. The Morgan fingerprint density at radius 1 is 1.19 bits per heavy atom. The van der Waals surface area contributed by atoms with E-state index in [0.29, 0.717) is 18.8 Å². The summed E-state index contributed by atoms with van der Waals surface area (Å²) < 4.78 is 0. The first-order valence-electron chi connectivity index (χ1n) is 9.97. The van der Waals surface area contributed by atoms with Crippen molar-refractivity contribution in [2.75, 3.05) is 6.54 Å². The van der Waals surface area contributed by atoms with E-state index in [0.717, 1.165) is 42.6 Å². The number of hydrogen-bond donors (Lipinski definition) is 2. The summed E-state index contributed by atoms with van der Waals surface area (Å²) in [5.41, 5.74) is 1.43. The Morgan fingerprint density at radius 3 is 2.63 bits per heavy atom. The first-order chi connectivity index (χ1) is 13.0. The molecule has 0 aromatic heterocycles. The van der Waals surface area contributed by atoms with Gasteiger partial charge in [-0.05, 0) is 55.6 Å². The molecule has 144 valence electrons. The molecule has 1 aromatic rings. The average Bonchev–Trinajstić information content (AvgIpc) is 2.87. The van der Waals surface area contributed by atoms with Crippen LogP contribution in [0.3, 0.4) is 0 Å². The Balaban J connectivity index is 1.41. The fourth-order valence-corrected chi connectivity index (χ4v) is 4.67. The van der Waals surface area contributed by atoms with Crippen molar-refractivity contribution in [3.8, 4) is 0 Å². The summed E-state index contributed by atoms with van der Waals surface area (Å²) in [6, 6.07) is 7.73. The van der Waals surface area contributed by atoms with E-state index in [1.54, 1.807) is 0 Å². The first kappa shape index (κ1) is 18.0. The quantitative estimate of drug-likeness (QED) is 0.802. The zero-order valence-electron chi connectivity index (χ0n) is 15.8. The highest BCUT2D eigenvalue weighted by atomic mass is 16.2. The van der Waals surface area contributed by atoms with E-state index in [4.69, 9.17) is 0 Å². The second kappa shape index (κ2) is 6.98. The molecule has 1 atom stereocenters. The maximum absolute atomic E-state index is 13.0. The lowest BCUT2D eigenvalue weighted by molar-refractivity contribution is -0.135. The molecule has 1 saturated heterocycles. The minimum Gasteiger partial charge on any atom is -0.352 e. The molecule has 1 unspecified atom stereocenters. The molecule has 3 aliphatic rings. The van der Waals surface area contributed by atoms with Crippen LogP contribution >= 0.6 is 0 Å². The van der Waals surface area contributed by atoms with Gasteiger partial charge in [0.15, 0.2) is 0 Å². The third kappa shape index (κ3) is 3.45. The Hall–Kier alpha value is -2.37. The van der Waals surface area contributed by atoms with Crippen LogP contribution in [-0.2, 0) is 22.4 Å². The number of rotatable bonds is 3. The summed E-state index contributed by atoms with van der Waals surface area (Å²) in [5.74, 6) is 0.193. The van der Waals surface area contributed by atoms with Gasteiger partial charge in [-0.1, -0.05) is 31.2 Å². The van der Waals surface area contributed by atoms with E-state index in [1.807, 2.05) is 18.2 Å². The van der Waals surface area contributed by atoms with E-state index in [1.165, 1.54) is 5.56 Å². The molecule has 1 aliphatic heterocycles. The van der Waals surface area contributed by atoms with Crippen LogP contribution < -0.4 is 10.6 Å². The number of hydrogen-bond acceptors (Lipinski definition) is 3. The van der Waals surface area contributed by atoms with Crippen molar-refractivity contribution in [3.05, 3.63) is 35.4 Å². The molecule has 0 radical (unpaired) electrons. The number of urea groups is 1. The monoisotopic (exact) mass is 369 g/mol. The van der Waals surface area contributed by atoms with Crippen molar-refractivity contribution in [2.45, 2.75) is 63.5 Å². The van der Waals surface area contributed by atoms with E-state index >= 15 is 0 Å². The van der Waals surface area contributed by atoms with Gasteiger partial charge in [-0.2, -0.15) is 0 Å². The van der Waals surface area contributed by atoms with Crippen LogP contribution in [0.1, 0.15) is 50.2 Å². The minimum atomic E-state index is -0.897. The summed E-state index contributed by atoms with van der Waals surface area (Å²) in [6.45, 7) is 2.03. The topological polar surface area (TPSA) is 78.5 Å². The molecule has 4 rings (SSSR count). The summed E-state index contributed by atoms with van der Waals surface area (Å²) in [7, 11) is 0. The standard InChI is InChI=1S/C21H27N3O3/c1-14-6-8-17(9-7-14)22-18(25)13-24-19(26)21(23-20(24)27)11-10-15-4-2-3-5-16(15)12-21/h2-5,14,17H,6-13H2,1H3,(H,22,25)(H,23,27). The molecule has 6 nitrogen and oxygen atoms in total. The molecule has 1 heterocycles. The fraction of sp³-hybridized carbons (Fsp3) is 0.571. The van der Waals surface area contributed by atoms with Crippen molar-refractivity contribution in [2.24, 2.45) is 5.92 Å². The van der Waals surface area contributed by atoms with Gasteiger partial charge in [0.1, 0.15) is 12.1 Å².